The Hall–Kier alpha value is -4.13. The van der Waals surface area contributed by atoms with E-state index in [-0.39, 0.29) is 22.5 Å². The van der Waals surface area contributed by atoms with Gasteiger partial charge in [0.2, 0.25) is 0 Å². The van der Waals surface area contributed by atoms with Crippen molar-refractivity contribution in [3.8, 4) is 34.1 Å². The Kier molecular flexibility index (Phi) is 5.65. The first kappa shape index (κ1) is 23.0. The van der Waals surface area contributed by atoms with Crippen LogP contribution < -0.4 is 0 Å². The van der Waals surface area contributed by atoms with E-state index in [0.29, 0.717) is 16.7 Å². The van der Waals surface area contributed by atoms with Crippen LogP contribution in [-0.4, -0.2) is 15.0 Å². The summed E-state index contributed by atoms with van der Waals surface area (Å²) < 4.78 is 79.6. The lowest BCUT2D eigenvalue weighted by Gasteiger charge is -2.13. The van der Waals surface area contributed by atoms with Crippen LogP contribution in [0.25, 0.3) is 28.1 Å². The van der Waals surface area contributed by atoms with E-state index < -0.39 is 23.5 Å². The van der Waals surface area contributed by atoms with Gasteiger partial charge in [0.05, 0.1) is 34.3 Å². The van der Waals surface area contributed by atoms with Crippen molar-refractivity contribution in [2.24, 2.45) is 0 Å². The number of hydrogen-bond acceptors (Lipinski definition) is 3. The molecule has 0 aliphatic carbocycles. The van der Waals surface area contributed by atoms with Gasteiger partial charge in [-0.25, -0.2) is 4.68 Å². The lowest BCUT2D eigenvalue weighted by Crippen LogP contribution is -2.07. The molecule has 4 aromatic rings. The van der Waals surface area contributed by atoms with Crippen LogP contribution in [0.5, 0.6) is 0 Å². The Balaban J connectivity index is 1.77. The molecule has 0 atom stereocenters. The molecule has 3 aromatic carbocycles. The van der Waals surface area contributed by atoms with Crippen LogP contribution in [0.2, 0.25) is 0 Å². The van der Waals surface area contributed by atoms with Gasteiger partial charge in [0.25, 0.3) is 0 Å². The standard InChI is InChI=1S/C24H14F6N4/c1-14-8-17(11-20(9-14)24(28,29)30)22-13-32-33-34(22)21-7-4-16(10-18(21)12-31)15-2-5-19(6-3-15)23(25,26)27/h2-11,13H,1H3. The number of halogens is 6. The molecule has 1 aromatic heterocycles. The lowest BCUT2D eigenvalue weighted by molar-refractivity contribution is -0.138. The molecule has 0 aliphatic rings. The summed E-state index contributed by atoms with van der Waals surface area (Å²) in [6.07, 6.45) is -7.72. The SMILES string of the molecule is Cc1cc(-c2cnnn2-c2ccc(-c3ccc(C(F)(F)F)cc3)cc2C#N)cc(C(F)(F)F)c1. The van der Waals surface area contributed by atoms with Crippen LogP contribution in [0, 0.1) is 18.3 Å². The third kappa shape index (κ3) is 4.50. The van der Waals surface area contributed by atoms with E-state index in [2.05, 4.69) is 10.3 Å². The molecule has 34 heavy (non-hydrogen) atoms. The molecule has 0 spiro atoms. The zero-order chi connectivity index (χ0) is 24.7. The van der Waals surface area contributed by atoms with Gasteiger partial charge in [-0.1, -0.05) is 23.4 Å². The molecule has 4 rings (SSSR count). The predicted octanol–water partition coefficient (Wildman–Crippen LogP) is 6.82. The van der Waals surface area contributed by atoms with Crippen molar-refractivity contribution in [2.75, 3.05) is 0 Å². The molecule has 0 fully saturated rings. The van der Waals surface area contributed by atoms with E-state index in [4.69, 9.17) is 0 Å². The maximum absolute atomic E-state index is 13.3. The second-order valence-electron chi connectivity index (χ2n) is 7.54. The summed E-state index contributed by atoms with van der Waals surface area (Å²) >= 11 is 0. The monoisotopic (exact) mass is 472 g/mol. The molecular formula is C24H14F6N4. The van der Waals surface area contributed by atoms with Crippen molar-refractivity contribution in [1.82, 2.24) is 15.0 Å². The minimum atomic E-state index is -4.54. The fourth-order valence-electron chi connectivity index (χ4n) is 3.55. The number of benzene rings is 3. The summed E-state index contributed by atoms with van der Waals surface area (Å²) in [5.41, 5.74) is 0.560. The summed E-state index contributed by atoms with van der Waals surface area (Å²) in [7, 11) is 0. The number of aromatic nitrogens is 3. The molecule has 0 aliphatic heterocycles. The second kappa shape index (κ2) is 8.33. The first-order valence-corrected chi connectivity index (χ1v) is 9.79. The van der Waals surface area contributed by atoms with E-state index in [9.17, 15) is 31.6 Å². The zero-order valence-electron chi connectivity index (χ0n) is 17.4. The summed E-state index contributed by atoms with van der Waals surface area (Å²) in [4.78, 5) is 0. The highest BCUT2D eigenvalue weighted by atomic mass is 19.4. The van der Waals surface area contributed by atoms with Gasteiger partial charge in [-0.2, -0.15) is 31.6 Å². The van der Waals surface area contributed by atoms with Crippen molar-refractivity contribution in [3.63, 3.8) is 0 Å². The third-order valence-electron chi connectivity index (χ3n) is 5.14. The van der Waals surface area contributed by atoms with Gasteiger partial charge in [-0.05, 0) is 66.1 Å². The molecular weight excluding hydrogens is 458 g/mol. The van der Waals surface area contributed by atoms with Crippen LogP contribution in [0.15, 0.2) is 66.9 Å². The largest absolute Gasteiger partial charge is 0.416 e. The predicted molar refractivity (Wildman–Crippen MR) is 112 cm³/mol. The average Bonchev–Trinajstić information content (AvgIpc) is 3.27. The van der Waals surface area contributed by atoms with E-state index in [1.807, 2.05) is 6.07 Å². The molecule has 0 radical (unpaired) electrons. The van der Waals surface area contributed by atoms with E-state index in [1.165, 1.54) is 42.1 Å². The Morgan fingerprint density at radius 2 is 1.41 bits per heavy atom. The van der Waals surface area contributed by atoms with E-state index in [0.717, 1.165) is 24.3 Å². The molecule has 1 heterocycles. The van der Waals surface area contributed by atoms with Gasteiger partial charge < -0.3 is 0 Å². The van der Waals surface area contributed by atoms with Crippen LogP contribution in [0.1, 0.15) is 22.3 Å². The average molecular weight is 472 g/mol. The fraction of sp³-hybridized carbons (Fsp3) is 0.125. The Morgan fingerprint density at radius 3 is 2.03 bits per heavy atom. The summed E-state index contributed by atoms with van der Waals surface area (Å²) in [6, 6.07) is 14.6. The molecule has 0 unspecified atom stereocenters. The minimum Gasteiger partial charge on any atom is -0.212 e. The van der Waals surface area contributed by atoms with Crippen LogP contribution in [0.4, 0.5) is 26.3 Å². The number of hydrogen-bond donors (Lipinski definition) is 0. The summed E-state index contributed by atoms with van der Waals surface area (Å²) in [5.74, 6) is 0. The van der Waals surface area contributed by atoms with Crippen molar-refractivity contribution in [1.29, 1.82) is 5.26 Å². The van der Waals surface area contributed by atoms with Crippen molar-refractivity contribution in [3.05, 3.63) is 89.1 Å². The van der Waals surface area contributed by atoms with Gasteiger partial charge >= 0.3 is 12.4 Å². The molecule has 10 heteroatoms. The van der Waals surface area contributed by atoms with Crippen LogP contribution in [0.3, 0.4) is 0 Å². The maximum atomic E-state index is 13.3. The third-order valence-corrected chi connectivity index (χ3v) is 5.14. The molecule has 0 saturated carbocycles. The molecule has 0 saturated heterocycles. The van der Waals surface area contributed by atoms with E-state index >= 15 is 0 Å². The summed E-state index contributed by atoms with van der Waals surface area (Å²) in [6.45, 7) is 1.53. The number of aryl methyl sites for hydroxylation is 1. The highest BCUT2D eigenvalue weighted by molar-refractivity contribution is 5.70. The van der Waals surface area contributed by atoms with E-state index in [1.54, 1.807) is 12.1 Å². The normalized spacial score (nSPS) is 11.9. The van der Waals surface area contributed by atoms with Crippen LogP contribution in [-0.2, 0) is 12.4 Å². The number of rotatable bonds is 3. The van der Waals surface area contributed by atoms with Crippen molar-refractivity contribution < 1.29 is 26.3 Å². The molecule has 4 nitrogen and oxygen atoms in total. The van der Waals surface area contributed by atoms with Gasteiger partial charge in [0.1, 0.15) is 6.07 Å². The second-order valence-corrected chi connectivity index (χ2v) is 7.54. The Morgan fingerprint density at radius 1 is 0.765 bits per heavy atom. The van der Waals surface area contributed by atoms with Gasteiger partial charge in [0, 0.05) is 5.56 Å². The van der Waals surface area contributed by atoms with Gasteiger partial charge in [-0.15, -0.1) is 5.10 Å². The summed E-state index contributed by atoms with van der Waals surface area (Å²) in [5, 5.41) is 17.4. The van der Waals surface area contributed by atoms with Gasteiger partial charge in [-0.3, -0.25) is 0 Å². The Bertz CT molecular complexity index is 1390. The maximum Gasteiger partial charge on any atom is 0.416 e. The number of nitrogens with zero attached hydrogens (tertiary/aromatic N) is 4. The fourth-order valence-corrected chi connectivity index (χ4v) is 3.55. The lowest BCUT2D eigenvalue weighted by atomic mass is 10.0. The molecule has 0 N–H and O–H groups in total. The minimum absolute atomic E-state index is 0.118. The zero-order valence-corrected chi connectivity index (χ0v) is 17.4. The smallest absolute Gasteiger partial charge is 0.212 e. The van der Waals surface area contributed by atoms with Crippen molar-refractivity contribution in [2.45, 2.75) is 19.3 Å². The number of nitriles is 1. The topological polar surface area (TPSA) is 54.5 Å². The Labute approximate surface area is 189 Å². The van der Waals surface area contributed by atoms with Gasteiger partial charge in [0.15, 0.2) is 0 Å². The molecule has 0 bridgehead atoms. The highest BCUT2D eigenvalue weighted by Crippen LogP contribution is 2.35. The number of alkyl halides is 6. The first-order valence-electron chi connectivity index (χ1n) is 9.79. The first-order chi connectivity index (χ1) is 16.0. The molecule has 172 valence electrons. The highest BCUT2D eigenvalue weighted by Gasteiger charge is 2.32. The quantitative estimate of drug-likeness (QED) is 0.308. The molecule has 0 amide bonds. The van der Waals surface area contributed by atoms with Crippen LogP contribution >= 0.6 is 0 Å². The van der Waals surface area contributed by atoms with Crippen molar-refractivity contribution >= 4 is 0 Å².